The highest BCUT2D eigenvalue weighted by atomic mass is 35.5. The number of benzene rings is 1. The summed E-state index contributed by atoms with van der Waals surface area (Å²) in [6, 6.07) is 5.96. The summed E-state index contributed by atoms with van der Waals surface area (Å²) >= 11 is 6.15. The van der Waals surface area contributed by atoms with E-state index in [1.165, 1.54) is 11.3 Å². The van der Waals surface area contributed by atoms with E-state index >= 15 is 0 Å². The predicted octanol–water partition coefficient (Wildman–Crippen LogP) is 2.56. The minimum Gasteiger partial charge on any atom is -0.368 e. The first-order valence-corrected chi connectivity index (χ1v) is 11.3. The van der Waals surface area contributed by atoms with E-state index in [1.807, 2.05) is 18.2 Å². The summed E-state index contributed by atoms with van der Waals surface area (Å²) in [5.41, 5.74) is 2.38. The Morgan fingerprint density at radius 2 is 1.85 bits per heavy atom. The van der Waals surface area contributed by atoms with Gasteiger partial charge in [-0.1, -0.05) is 17.7 Å². The highest BCUT2D eigenvalue weighted by Gasteiger charge is 2.28. The maximum atomic E-state index is 12.2. The van der Waals surface area contributed by atoms with Crippen LogP contribution < -0.4 is 10.2 Å². The zero-order valence-corrected chi connectivity index (χ0v) is 18.5. The molecule has 0 unspecified atom stereocenters. The molecule has 0 spiro atoms. The van der Waals surface area contributed by atoms with Gasteiger partial charge in [-0.15, -0.1) is 0 Å². The zero-order valence-electron chi connectivity index (χ0n) is 16.9. The molecule has 1 aliphatic heterocycles. The van der Waals surface area contributed by atoms with Crippen molar-refractivity contribution in [2.45, 2.75) is 32.4 Å². The lowest BCUT2D eigenvalue weighted by Crippen LogP contribution is -2.53. The van der Waals surface area contributed by atoms with Crippen LogP contribution in [-0.2, 0) is 9.84 Å². The third-order valence-electron chi connectivity index (χ3n) is 4.89. The maximum Gasteiger partial charge on any atom is 0.193 e. The van der Waals surface area contributed by atoms with Crippen LogP contribution >= 0.6 is 11.6 Å². The molecule has 0 amide bonds. The van der Waals surface area contributed by atoms with Crippen LogP contribution in [0.15, 0.2) is 23.2 Å². The van der Waals surface area contributed by atoms with Gasteiger partial charge < -0.3 is 15.1 Å². The molecular formula is C19H31ClN4O2S. The van der Waals surface area contributed by atoms with E-state index in [0.717, 1.165) is 37.2 Å². The van der Waals surface area contributed by atoms with Gasteiger partial charge in [-0.2, -0.15) is 0 Å². The van der Waals surface area contributed by atoms with Crippen molar-refractivity contribution in [1.29, 1.82) is 0 Å². The average Bonchev–Trinajstić information content (AvgIpc) is 2.60. The second-order valence-electron chi connectivity index (χ2n) is 7.81. The van der Waals surface area contributed by atoms with Gasteiger partial charge in [0.25, 0.3) is 0 Å². The molecule has 152 valence electrons. The summed E-state index contributed by atoms with van der Waals surface area (Å²) in [4.78, 5) is 8.82. The third kappa shape index (κ3) is 5.51. The molecule has 1 heterocycles. The van der Waals surface area contributed by atoms with E-state index in [0.29, 0.717) is 6.54 Å². The highest BCUT2D eigenvalue weighted by molar-refractivity contribution is 7.92. The first kappa shape index (κ1) is 21.8. The monoisotopic (exact) mass is 414 g/mol. The Kier molecular flexibility index (Phi) is 7.03. The molecule has 1 fully saturated rings. The van der Waals surface area contributed by atoms with Crippen LogP contribution in [0.3, 0.4) is 0 Å². The van der Waals surface area contributed by atoms with Gasteiger partial charge in [0, 0.05) is 50.5 Å². The van der Waals surface area contributed by atoms with Gasteiger partial charge in [-0.25, -0.2) is 8.42 Å². The summed E-state index contributed by atoms with van der Waals surface area (Å²) < 4.78 is 23.8. The fourth-order valence-electron chi connectivity index (χ4n) is 3.02. The minimum atomic E-state index is -3.14. The smallest absolute Gasteiger partial charge is 0.193 e. The maximum absolute atomic E-state index is 12.2. The molecule has 6 nitrogen and oxygen atoms in total. The summed E-state index contributed by atoms with van der Waals surface area (Å²) in [6.45, 7) is 11.0. The van der Waals surface area contributed by atoms with Crippen molar-refractivity contribution in [2.75, 3.05) is 50.4 Å². The van der Waals surface area contributed by atoms with Gasteiger partial charge in [-0.3, -0.25) is 4.99 Å². The Bertz CT molecular complexity index is 779. The van der Waals surface area contributed by atoms with Crippen LogP contribution in [0, 0.1) is 6.92 Å². The number of rotatable bonds is 4. The molecule has 1 saturated heterocycles. The molecular weight excluding hydrogens is 384 g/mol. The molecule has 27 heavy (non-hydrogen) atoms. The number of halogens is 1. The number of nitrogens with zero attached hydrogens (tertiary/aromatic N) is 3. The highest BCUT2D eigenvalue weighted by Crippen LogP contribution is 2.25. The van der Waals surface area contributed by atoms with Crippen LogP contribution in [0.25, 0.3) is 0 Å². The van der Waals surface area contributed by atoms with E-state index < -0.39 is 14.6 Å². The zero-order chi connectivity index (χ0) is 20.2. The van der Waals surface area contributed by atoms with Gasteiger partial charge in [0.15, 0.2) is 15.8 Å². The second-order valence-corrected chi connectivity index (χ2v) is 11.1. The van der Waals surface area contributed by atoms with Crippen LogP contribution in [-0.4, -0.2) is 69.5 Å². The first-order chi connectivity index (χ1) is 12.5. The van der Waals surface area contributed by atoms with Gasteiger partial charge in [0.2, 0.25) is 0 Å². The topological polar surface area (TPSA) is 65.0 Å². The second kappa shape index (κ2) is 8.69. The molecule has 1 N–H and O–H groups in total. The van der Waals surface area contributed by atoms with Crippen molar-refractivity contribution in [2.24, 2.45) is 4.99 Å². The van der Waals surface area contributed by atoms with Crippen molar-refractivity contribution >= 4 is 33.1 Å². The molecule has 1 aromatic carbocycles. The average molecular weight is 415 g/mol. The number of aliphatic imine (C=N–C) groups is 1. The standard InChI is InChI=1S/C19H31ClN4O2S/c1-15-6-7-16(20)14-17(15)23-9-11-24(12-10-23)18(21-5)22-8-13-27(25,26)19(2,3)4/h6-7,14H,8-13H2,1-5H3,(H,21,22). The van der Waals surface area contributed by atoms with Crippen molar-refractivity contribution in [3.05, 3.63) is 28.8 Å². The number of guanidine groups is 1. The SMILES string of the molecule is CN=C(NCCS(=O)(=O)C(C)(C)C)N1CCN(c2cc(Cl)ccc2C)CC1. The number of aryl methyl sites for hydroxylation is 1. The lowest BCUT2D eigenvalue weighted by atomic mass is 10.1. The molecule has 1 aliphatic rings. The molecule has 0 bridgehead atoms. The third-order valence-corrected chi connectivity index (χ3v) is 7.73. The fraction of sp³-hybridized carbons (Fsp3) is 0.632. The van der Waals surface area contributed by atoms with E-state index in [9.17, 15) is 8.42 Å². The van der Waals surface area contributed by atoms with Gasteiger partial charge in [-0.05, 0) is 45.4 Å². The molecule has 0 radical (unpaired) electrons. The lowest BCUT2D eigenvalue weighted by Gasteiger charge is -2.38. The van der Waals surface area contributed by atoms with E-state index in [1.54, 1.807) is 27.8 Å². The normalized spacial score (nSPS) is 16.6. The number of anilines is 1. The number of nitrogens with one attached hydrogen (secondary N) is 1. The number of hydrogen-bond donors (Lipinski definition) is 1. The molecule has 2 rings (SSSR count). The first-order valence-electron chi connectivity index (χ1n) is 9.24. The summed E-state index contributed by atoms with van der Waals surface area (Å²) in [5.74, 6) is 0.846. The summed E-state index contributed by atoms with van der Waals surface area (Å²) in [5, 5.41) is 3.95. The quantitative estimate of drug-likeness (QED) is 0.605. The Labute approximate surface area is 168 Å². The largest absolute Gasteiger partial charge is 0.368 e. The number of hydrogen-bond acceptors (Lipinski definition) is 4. The Hall–Kier alpha value is -1.47. The molecule has 0 aromatic heterocycles. The van der Waals surface area contributed by atoms with Crippen LogP contribution in [0.1, 0.15) is 26.3 Å². The van der Waals surface area contributed by atoms with E-state index in [2.05, 4.69) is 27.0 Å². The van der Waals surface area contributed by atoms with Crippen molar-refractivity contribution in [3.8, 4) is 0 Å². The minimum absolute atomic E-state index is 0.0944. The lowest BCUT2D eigenvalue weighted by molar-refractivity contribution is 0.373. The summed E-state index contributed by atoms with van der Waals surface area (Å²) in [7, 11) is -1.41. The van der Waals surface area contributed by atoms with Crippen molar-refractivity contribution in [3.63, 3.8) is 0 Å². The van der Waals surface area contributed by atoms with Crippen molar-refractivity contribution in [1.82, 2.24) is 10.2 Å². The Balaban J connectivity index is 1.91. The molecule has 8 heteroatoms. The van der Waals surface area contributed by atoms with Crippen molar-refractivity contribution < 1.29 is 8.42 Å². The molecule has 0 atom stereocenters. The van der Waals surface area contributed by atoms with Gasteiger partial charge in [0.05, 0.1) is 10.5 Å². The predicted molar refractivity (Wildman–Crippen MR) is 115 cm³/mol. The Morgan fingerprint density at radius 1 is 1.22 bits per heavy atom. The number of sulfone groups is 1. The van der Waals surface area contributed by atoms with Crippen LogP contribution in [0.4, 0.5) is 5.69 Å². The van der Waals surface area contributed by atoms with Gasteiger partial charge >= 0.3 is 0 Å². The van der Waals surface area contributed by atoms with Gasteiger partial charge in [0.1, 0.15) is 0 Å². The van der Waals surface area contributed by atoms with E-state index in [-0.39, 0.29) is 5.75 Å². The van der Waals surface area contributed by atoms with E-state index in [4.69, 9.17) is 11.6 Å². The molecule has 1 aromatic rings. The summed E-state index contributed by atoms with van der Waals surface area (Å²) in [6.07, 6.45) is 0. The Morgan fingerprint density at radius 3 is 2.41 bits per heavy atom. The van der Waals surface area contributed by atoms with Crippen LogP contribution in [0.2, 0.25) is 5.02 Å². The molecule has 0 aliphatic carbocycles. The fourth-order valence-corrected chi connectivity index (χ4v) is 4.17. The van der Waals surface area contributed by atoms with Crippen LogP contribution in [0.5, 0.6) is 0 Å². The number of piperazine rings is 1. The molecule has 0 saturated carbocycles.